The first-order valence-corrected chi connectivity index (χ1v) is 6.80. The van der Waals surface area contributed by atoms with Gasteiger partial charge in [0.15, 0.2) is 0 Å². The Morgan fingerprint density at radius 2 is 1.75 bits per heavy atom. The number of carboxylic acid groups (broad SMARTS) is 1. The van der Waals surface area contributed by atoms with Gasteiger partial charge in [0.2, 0.25) is 0 Å². The van der Waals surface area contributed by atoms with E-state index >= 15 is 0 Å². The minimum Gasteiger partial charge on any atom is -0.478 e. The van der Waals surface area contributed by atoms with Crippen LogP contribution in [0.2, 0.25) is 5.54 Å². The van der Waals surface area contributed by atoms with Gasteiger partial charge in [-0.3, -0.25) is 0 Å². The van der Waals surface area contributed by atoms with Gasteiger partial charge in [-0.25, -0.2) is 4.79 Å². The molecule has 6 heteroatoms. The third kappa shape index (κ3) is 3.71. The molecule has 0 bridgehead atoms. The molecule has 0 aromatic rings. The molecule has 0 fully saturated rings. The van der Waals surface area contributed by atoms with Crippen LogP contribution >= 0.6 is 0 Å². The van der Waals surface area contributed by atoms with E-state index in [2.05, 4.69) is 6.58 Å². The SMILES string of the molecule is C=C(CCC(C)[Si](OC)(OC)OC)C(=O)O. The Morgan fingerprint density at radius 1 is 1.31 bits per heavy atom. The van der Waals surface area contributed by atoms with Crippen LogP contribution in [0.3, 0.4) is 0 Å². The first-order valence-electron chi connectivity index (χ1n) is 5.00. The van der Waals surface area contributed by atoms with Gasteiger partial charge in [-0.1, -0.05) is 13.5 Å². The molecule has 0 aromatic carbocycles. The van der Waals surface area contributed by atoms with Gasteiger partial charge >= 0.3 is 14.8 Å². The number of hydrogen-bond donors (Lipinski definition) is 1. The number of carboxylic acids is 1. The maximum Gasteiger partial charge on any atom is 0.503 e. The summed E-state index contributed by atoms with van der Waals surface area (Å²) in [6.45, 7) is 5.41. The quantitative estimate of drug-likeness (QED) is 0.523. The van der Waals surface area contributed by atoms with Crippen LogP contribution in [0, 0.1) is 0 Å². The van der Waals surface area contributed by atoms with E-state index in [4.69, 9.17) is 18.4 Å². The molecule has 1 N–H and O–H groups in total. The molecule has 0 heterocycles. The second kappa shape index (κ2) is 6.80. The van der Waals surface area contributed by atoms with Gasteiger partial charge < -0.3 is 18.4 Å². The molecule has 0 aliphatic carbocycles. The fraction of sp³-hybridized carbons (Fsp3) is 0.700. The Bertz CT molecular complexity index is 241. The van der Waals surface area contributed by atoms with Crippen LogP contribution in [0.5, 0.6) is 0 Å². The van der Waals surface area contributed by atoms with Crippen molar-refractivity contribution < 1.29 is 23.2 Å². The molecule has 0 aromatic heterocycles. The Hall–Kier alpha value is -0.693. The smallest absolute Gasteiger partial charge is 0.478 e. The van der Waals surface area contributed by atoms with Gasteiger partial charge in [0, 0.05) is 32.4 Å². The molecule has 5 nitrogen and oxygen atoms in total. The second-order valence-corrected chi connectivity index (χ2v) is 6.98. The average Bonchev–Trinajstić information content (AvgIpc) is 2.28. The van der Waals surface area contributed by atoms with Crippen LogP contribution in [0.15, 0.2) is 12.2 Å². The van der Waals surface area contributed by atoms with Gasteiger partial charge in [-0.05, 0) is 12.8 Å². The summed E-state index contributed by atoms with van der Waals surface area (Å²) in [6.07, 6.45) is 1.02. The van der Waals surface area contributed by atoms with E-state index in [0.717, 1.165) is 0 Å². The largest absolute Gasteiger partial charge is 0.503 e. The summed E-state index contributed by atoms with van der Waals surface area (Å²) in [4.78, 5) is 10.6. The molecule has 0 saturated heterocycles. The van der Waals surface area contributed by atoms with E-state index in [1.165, 1.54) is 0 Å². The molecule has 0 rings (SSSR count). The number of aliphatic carboxylic acids is 1. The Balaban J connectivity index is 4.37. The minimum atomic E-state index is -2.66. The van der Waals surface area contributed by atoms with Crippen LogP contribution in [0.25, 0.3) is 0 Å². The first-order chi connectivity index (χ1) is 7.43. The van der Waals surface area contributed by atoms with E-state index < -0.39 is 14.8 Å². The summed E-state index contributed by atoms with van der Waals surface area (Å²) >= 11 is 0. The summed E-state index contributed by atoms with van der Waals surface area (Å²) in [5.41, 5.74) is 0.224. The summed E-state index contributed by atoms with van der Waals surface area (Å²) in [5.74, 6) is -0.966. The maximum atomic E-state index is 10.6. The van der Waals surface area contributed by atoms with Gasteiger partial charge in [-0.2, -0.15) is 0 Å². The van der Waals surface area contributed by atoms with Crippen LogP contribution in [-0.4, -0.2) is 41.2 Å². The lowest BCUT2D eigenvalue weighted by molar-refractivity contribution is -0.132. The fourth-order valence-corrected chi connectivity index (χ4v) is 3.73. The summed E-state index contributed by atoms with van der Waals surface area (Å²) in [7, 11) is 1.97. The number of rotatable bonds is 8. The lowest BCUT2D eigenvalue weighted by Crippen LogP contribution is -2.46. The zero-order chi connectivity index (χ0) is 12.8. The third-order valence-corrected chi connectivity index (χ3v) is 5.84. The number of carbonyl (C=O) groups is 1. The predicted octanol–water partition coefficient (Wildman–Crippen LogP) is 1.68. The fourth-order valence-electron chi connectivity index (χ4n) is 1.53. The van der Waals surface area contributed by atoms with E-state index in [1.54, 1.807) is 21.3 Å². The van der Waals surface area contributed by atoms with Crippen LogP contribution in [0.1, 0.15) is 19.8 Å². The van der Waals surface area contributed by atoms with Crippen LogP contribution < -0.4 is 0 Å². The maximum absolute atomic E-state index is 10.6. The summed E-state index contributed by atoms with van der Waals surface area (Å²) in [6, 6.07) is 0. The monoisotopic (exact) mass is 248 g/mol. The molecule has 0 spiro atoms. The van der Waals surface area contributed by atoms with Gasteiger partial charge in [0.1, 0.15) is 0 Å². The van der Waals surface area contributed by atoms with Crippen molar-refractivity contribution in [2.75, 3.05) is 21.3 Å². The molecular weight excluding hydrogens is 228 g/mol. The van der Waals surface area contributed by atoms with Gasteiger partial charge in [-0.15, -0.1) is 0 Å². The third-order valence-electron chi connectivity index (χ3n) is 2.64. The zero-order valence-corrected chi connectivity index (χ0v) is 11.3. The zero-order valence-electron chi connectivity index (χ0n) is 10.3. The standard InChI is InChI=1S/C10H20O5Si/c1-8(10(11)12)6-7-9(2)16(13-3,14-4)15-5/h9H,1,6-7H2,2-5H3,(H,11,12). The normalized spacial score (nSPS) is 13.5. The predicted molar refractivity (Wildman–Crippen MR) is 62.2 cm³/mol. The Morgan fingerprint density at radius 3 is 2.06 bits per heavy atom. The topological polar surface area (TPSA) is 65.0 Å². The van der Waals surface area contributed by atoms with E-state index in [1.807, 2.05) is 6.92 Å². The lowest BCUT2D eigenvalue weighted by Gasteiger charge is -2.30. The highest BCUT2D eigenvalue weighted by atomic mass is 28.4. The molecule has 0 aliphatic heterocycles. The Kier molecular flexibility index (Phi) is 6.50. The number of hydrogen-bond acceptors (Lipinski definition) is 4. The van der Waals surface area contributed by atoms with Gasteiger partial charge in [0.25, 0.3) is 0 Å². The van der Waals surface area contributed by atoms with Crippen molar-refractivity contribution in [2.45, 2.75) is 25.3 Å². The Labute approximate surface area is 97.4 Å². The summed E-state index contributed by atoms with van der Waals surface area (Å²) < 4.78 is 15.9. The highest BCUT2D eigenvalue weighted by molar-refractivity contribution is 6.62. The molecule has 16 heavy (non-hydrogen) atoms. The molecule has 0 saturated carbocycles. The highest BCUT2D eigenvalue weighted by Crippen LogP contribution is 2.29. The van der Waals surface area contributed by atoms with Crippen molar-refractivity contribution in [1.82, 2.24) is 0 Å². The van der Waals surface area contributed by atoms with E-state index in [-0.39, 0.29) is 11.1 Å². The first kappa shape index (κ1) is 15.3. The summed E-state index contributed by atoms with van der Waals surface area (Å²) in [5, 5.41) is 8.69. The van der Waals surface area contributed by atoms with Crippen molar-refractivity contribution in [3.05, 3.63) is 12.2 Å². The molecule has 1 unspecified atom stereocenters. The average molecular weight is 248 g/mol. The van der Waals surface area contributed by atoms with Crippen molar-refractivity contribution in [2.24, 2.45) is 0 Å². The van der Waals surface area contributed by atoms with Crippen molar-refractivity contribution in [3.63, 3.8) is 0 Å². The molecule has 94 valence electrons. The lowest BCUT2D eigenvalue weighted by atomic mass is 10.1. The minimum absolute atomic E-state index is 0.0311. The van der Waals surface area contributed by atoms with Crippen molar-refractivity contribution in [1.29, 1.82) is 0 Å². The molecule has 1 atom stereocenters. The van der Waals surface area contributed by atoms with Gasteiger partial charge in [0.05, 0.1) is 0 Å². The van der Waals surface area contributed by atoms with E-state index in [0.29, 0.717) is 12.8 Å². The molecular formula is C10H20O5Si. The molecule has 0 aliphatic rings. The van der Waals surface area contributed by atoms with Crippen LogP contribution in [-0.2, 0) is 18.1 Å². The molecule has 0 radical (unpaired) electrons. The second-order valence-electron chi connectivity index (χ2n) is 3.56. The van der Waals surface area contributed by atoms with Crippen molar-refractivity contribution >= 4 is 14.8 Å². The van der Waals surface area contributed by atoms with Crippen molar-refractivity contribution in [3.8, 4) is 0 Å². The van der Waals surface area contributed by atoms with E-state index in [9.17, 15) is 4.79 Å². The highest BCUT2D eigenvalue weighted by Gasteiger charge is 2.44. The molecule has 0 amide bonds. The van der Waals surface area contributed by atoms with Crippen LogP contribution in [0.4, 0.5) is 0 Å².